The second kappa shape index (κ2) is 14.1. The van der Waals surface area contributed by atoms with Crippen LogP contribution in [0.5, 0.6) is 11.5 Å². The van der Waals surface area contributed by atoms with Gasteiger partial charge < -0.3 is 24.7 Å². The molecule has 2 N–H and O–H groups in total. The second-order valence-electron chi connectivity index (χ2n) is 7.89. The van der Waals surface area contributed by atoms with Gasteiger partial charge in [0.2, 0.25) is 0 Å². The molecule has 200 valence electrons. The molecule has 37 heavy (non-hydrogen) atoms. The Morgan fingerprint density at radius 3 is 2.03 bits per heavy atom. The lowest BCUT2D eigenvalue weighted by Gasteiger charge is -2.15. The summed E-state index contributed by atoms with van der Waals surface area (Å²) in [6, 6.07) is 14.1. The van der Waals surface area contributed by atoms with Crippen molar-refractivity contribution in [3.8, 4) is 17.2 Å². The zero-order valence-corrected chi connectivity index (χ0v) is 24.1. The van der Waals surface area contributed by atoms with E-state index in [0.29, 0.717) is 6.61 Å². The highest BCUT2D eigenvalue weighted by Gasteiger charge is 2.21. The van der Waals surface area contributed by atoms with Crippen LogP contribution in [0, 0.1) is 20.8 Å². The molecule has 0 fully saturated rings. The summed E-state index contributed by atoms with van der Waals surface area (Å²) in [7, 11) is 1.68. The van der Waals surface area contributed by atoms with E-state index in [-0.39, 0.29) is 0 Å². The van der Waals surface area contributed by atoms with Crippen LogP contribution in [-0.2, 0) is 0 Å². The third-order valence-electron chi connectivity index (χ3n) is 5.77. The van der Waals surface area contributed by atoms with E-state index in [9.17, 15) is 0 Å². The van der Waals surface area contributed by atoms with Crippen LogP contribution in [0.1, 0.15) is 58.6 Å². The second-order valence-corrected chi connectivity index (χ2v) is 7.89. The van der Waals surface area contributed by atoms with E-state index in [1.54, 1.807) is 7.11 Å². The van der Waals surface area contributed by atoms with Crippen molar-refractivity contribution < 1.29 is 9.47 Å². The highest BCUT2D eigenvalue weighted by molar-refractivity contribution is 5.99. The molecule has 0 aliphatic heterocycles. The number of benzene rings is 2. The van der Waals surface area contributed by atoms with Crippen LogP contribution in [0.4, 0.5) is 17.2 Å². The molecule has 0 aliphatic rings. The van der Waals surface area contributed by atoms with E-state index in [0.717, 1.165) is 68.8 Å². The molecule has 0 bridgehead atoms. The Morgan fingerprint density at radius 2 is 1.43 bits per heavy atom. The number of nitrogens with one attached hydrogen (secondary N) is 2. The minimum Gasteiger partial charge on any atom is -0.494 e. The minimum atomic E-state index is 0.606. The van der Waals surface area contributed by atoms with Gasteiger partial charge >= 0.3 is 0 Å². The van der Waals surface area contributed by atoms with Crippen LogP contribution < -0.4 is 20.1 Å². The lowest BCUT2D eigenvalue weighted by atomic mass is 10.1. The molecule has 7 nitrogen and oxygen atoms in total. The summed E-state index contributed by atoms with van der Waals surface area (Å²) in [5, 5.41) is 17.9. The van der Waals surface area contributed by atoms with Crippen LogP contribution in [0.3, 0.4) is 0 Å². The van der Waals surface area contributed by atoms with Crippen LogP contribution in [-0.4, -0.2) is 35.0 Å². The molecule has 4 aromatic rings. The largest absolute Gasteiger partial charge is 0.494 e. The van der Waals surface area contributed by atoms with Gasteiger partial charge in [0, 0.05) is 46.1 Å². The fourth-order valence-electron chi connectivity index (χ4n) is 4.35. The fraction of sp³-hybridized carbons (Fsp3) is 0.400. The Morgan fingerprint density at radius 1 is 0.811 bits per heavy atom. The predicted molar refractivity (Wildman–Crippen MR) is 157 cm³/mol. The van der Waals surface area contributed by atoms with E-state index < -0.39 is 0 Å². The molecule has 7 heteroatoms. The van der Waals surface area contributed by atoms with Crippen molar-refractivity contribution in [1.82, 2.24) is 14.8 Å². The van der Waals surface area contributed by atoms with Gasteiger partial charge in [0.05, 0.1) is 25.1 Å². The molecule has 0 aliphatic carbocycles. The highest BCUT2D eigenvalue weighted by atomic mass is 16.5. The number of hydrogen-bond donors (Lipinski definition) is 2. The van der Waals surface area contributed by atoms with Gasteiger partial charge in [-0.2, -0.15) is 5.10 Å². The molecule has 2 heterocycles. The summed E-state index contributed by atoms with van der Waals surface area (Å²) < 4.78 is 13.6. The lowest BCUT2D eigenvalue weighted by Crippen LogP contribution is -2.03. The summed E-state index contributed by atoms with van der Waals surface area (Å²) >= 11 is 0. The molecule has 0 spiro atoms. The van der Waals surface area contributed by atoms with Crippen molar-refractivity contribution in [1.29, 1.82) is 0 Å². The molecule has 0 radical (unpaired) electrons. The summed E-state index contributed by atoms with van der Waals surface area (Å²) in [5.41, 5.74) is 6.04. The van der Waals surface area contributed by atoms with Gasteiger partial charge in [-0.15, -0.1) is 5.10 Å². The van der Waals surface area contributed by atoms with Gasteiger partial charge in [0.15, 0.2) is 5.82 Å². The van der Waals surface area contributed by atoms with Gasteiger partial charge in [-0.1, -0.05) is 27.7 Å². The van der Waals surface area contributed by atoms with Crippen LogP contribution in [0.25, 0.3) is 16.5 Å². The molecule has 0 amide bonds. The molecule has 0 atom stereocenters. The molecule has 4 rings (SSSR count). The van der Waals surface area contributed by atoms with Gasteiger partial charge in [-0.05, 0) is 71.0 Å². The summed E-state index contributed by atoms with van der Waals surface area (Å²) in [6.07, 6.45) is 0. The molecule has 0 saturated carbocycles. The SMILES string of the molecule is CC.CC.CCNc1ccc(Nc2nnc(C)c3c(C)n(-c4ccc(OCC)cc4OC)c(C)c23)cc1. The predicted octanol–water partition coefficient (Wildman–Crippen LogP) is 7.98. The topological polar surface area (TPSA) is 73.2 Å². The third kappa shape index (κ3) is 6.34. The van der Waals surface area contributed by atoms with Crippen LogP contribution >= 0.6 is 0 Å². The monoisotopic (exact) mass is 505 g/mol. The lowest BCUT2D eigenvalue weighted by molar-refractivity contribution is 0.336. The van der Waals surface area contributed by atoms with Crippen molar-refractivity contribution in [2.24, 2.45) is 0 Å². The number of methoxy groups -OCH3 is 1. The number of aromatic nitrogens is 3. The van der Waals surface area contributed by atoms with Gasteiger partial charge in [-0.25, -0.2) is 0 Å². The summed E-state index contributed by atoms with van der Waals surface area (Å²) in [6.45, 7) is 19.8. The highest BCUT2D eigenvalue weighted by Crippen LogP contribution is 2.38. The molecule has 2 aromatic heterocycles. The Hall–Kier alpha value is -3.74. The number of nitrogens with zero attached hydrogens (tertiary/aromatic N) is 3. The van der Waals surface area contributed by atoms with Crippen molar-refractivity contribution in [2.45, 2.75) is 62.3 Å². The average Bonchev–Trinajstić information content (AvgIpc) is 3.20. The number of rotatable bonds is 8. The van der Waals surface area contributed by atoms with E-state index in [1.165, 1.54) is 0 Å². The van der Waals surface area contributed by atoms with Crippen molar-refractivity contribution in [3.63, 3.8) is 0 Å². The van der Waals surface area contributed by atoms with E-state index in [1.807, 2.05) is 71.9 Å². The maximum Gasteiger partial charge on any atom is 0.162 e. The van der Waals surface area contributed by atoms with Crippen molar-refractivity contribution in [2.75, 3.05) is 30.9 Å². The Balaban J connectivity index is 0.00000115. The van der Waals surface area contributed by atoms with E-state index in [2.05, 4.69) is 58.3 Å². The smallest absolute Gasteiger partial charge is 0.162 e. The van der Waals surface area contributed by atoms with E-state index >= 15 is 0 Å². The standard InChI is InChI=1S/C26H31N5O2.2C2H6/c1-7-27-19-9-11-20(12-10-19)28-26-25-18(5)31(17(4)24(25)16(3)29-30-26)22-14-13-21(33-8-2)15-23(22)32-6;2*1-2/h9-15,27H,7-8H2,1-6H3,(H,28,30);2*1-2H3. The quantitative estimate of drug-likeness (QED) is 0.253. The van der Waals surface area contributed by atoms with Gasteiger partial charge in [-0.3, -0.25) is 0 Å². The summed E-state index contributed by atoms with van der Waals surface area (Å²) in [5.74, 6) is 2.27. The molecule has 0 saturated heterocycles. The Bertz CT molecular complexity index is 1280. The van der Waals surface area contributed by atoms with Crippen molar-refractivity contribution in [3.05, 3.63) is 59.5 Å². The van der Waals surface area contributed by atoms with E-state index in [4.69, 9.17) is 9.47 Å². The zero-order chi connectivity index (χ0) is 27.5. The average molecular weight is 506 g/mol. The first-order valence-corrected chi connectivity index (χ1v) is 13.3. The van der Waals surface area contributed by atoms with Gasteiger partial charge in [0.1, 0.15) is 11.5 Å². The number of anilines is 3. The Kier molecular flexibility index (Phi) is 11.2. The third-order valence-corrected chi connectivity index (χ3v) is 5.77. The number of aryl methyl sites for hydroxylation is 3. The van der Waals surface area contributed by atoms with Crippen molar-refractivity contribution >= 4 is 28.0 Å². The number of fused-ring (bicyclic) bond motifs is 1. The first-order valence-electron chi connectivity index (χ1n) is 13.3. The number of hydrogen-bond acceptors (Lipinski definition) is 6. The number of ether oxygens (including phenoxy) is 2. The first kappa shape index (κ1) is 29.5. The molecular weight excluding hydrogens is 462 g/mol. The van der Waals surface area contributed by atoms with Crippen LogP contribution in [0.2, 0.25) is 0 Å². The zero-order valence-electron chi connectivity index (χ0n) is 24.1. The molecule has 0 unspecified atom stereocenters. The maximum absolute atomic E-state index is 5.73. The molecule has 2 aromatic carbocycles. The first-order chi connectivity index (χ1) is 18.0. The molecular formula is C30H43N5O2. The fourth-order valence-corrected chi connectivity index (χ4v) is 4.35. The normalized spacial score (nSPS) is 10.1. The minimum absolute atomic E-state index is 0.606. The Labute approximate surface area is 222 Å². The maximum atomic E-state index is 5.73. The summed E-state index contributed by atoms with van der Waals surface area (Å²) in [4.78, 5) is 0. The van der Waals surface area contributed by atoms with Gasteiger partial charge in [0.25, 0.3) is 0 Å². The van der Waals surface area contributed by atoms with Crippen LogP contribution in [0.15, 0.2) is 42.5 Å².